The number of halogens is 1. The van der Waals surface area contributed by atoms with Crippen molar-refractivity contribution >= 4 is 24.2 Å². The van der Waals surface area contributed by atoms with Crippen LogP contribution in [0.1, 0.15) is 115 Å². The summed E-state index contributed by atoms with van der Waals surface area (Å²) < 4.78 is 0.184. The third kappa shape index (κ3) is 4.75. The molecule has 0 spiro atoms. The number of alkyl halides is 1. The number of benzene rings is 1. The maximum atomic E-state index is 7.26. The minimum absolute atomic E-state index is 0.184. The topological polar surface area (TPSA) is 0 Å². The van der Waals surface area contributed by atoms with Crippen molar-refractivity contribution in [1.82, 2.24) is 0 Å². The molecule has 2 fully saturated rings. The molecule has 28 heavy (non-hydrogen) atoms. The quantitative estimate of drug-likeness (QED) is 0.205. The first-order chi connectivity index (χ1) is 13.4. The number of hydrogen-bond donors (Lipinski definition) is 0. The van der Waals surface area contributed by atoms with Gasteiger partial charge >= 0.3 is 191 Å². The average Bonchev–Trinajstić information content (AvgIpc) is 2.69. The molecule has 0 radical (unpaired) electrons. The van der Waals surface area contributed by atoms with E-state index in [9.17, 15) is 0 Å². The molecule has 0 aromatic heterocycles. The van der Waals surface area contributed by atoms with Crippen LogP contribution in [0, 0.1) is 0 Å². The second-order valence-electron chi connectivity index (χ2n) is 10.1. The molecule has 3 rings (SSSR count). The van der Waals surface area contributed by atoms with Gasteiger partial charge in [-0.15, -0.1) is 0 Å². The van der Waals surface area contributed by atoms with Crippen LogP contribution in [-0.2, 0) is 19.2 Å². The average molecular weight is 514 g/mol. The van der Waals surface area contributed by atoms with Gasteiger partial charge in [0, 0.05) is 0 Å². The van der Waals surface area contributed by atoms with Crippen LogP contribution in [0.4, 0.5) is 0 Å². The number of rotatable bonds is 6. The van der Waals surface area contributed by atoms with E-state index in [-0.39, 0.29) is 3.59 Å². The molecule has 0 nitrogen and oxygen atoms in total. The predicted octanol–water partition coefficient (Wildman–Crippen LogP) is 8.04. The Kier molecular flexibility index (Phi) is 8.54. The standard InChI is InChI=1S/C25H41ClP.Pd/c1-19(2)21-15-22(20(3)4)17-25(16-21)27(18-26,23-11-7-5-8-12-23)24-13-9-6-10-14-24;/h15-20,23-24,27H,5-14H2,1-4H3;. The summed E-state index contributed by atoms with van der Waals surface area (Å²) in [5.74, 6) is 1.16. The van der Waals surface area contributed by atoms with E-state index in [0.29, 0.717) is 11.8 Å². The van der Waals surface area contributed by atoms with Crippen LogP contribution in [0.15, 0.2) is 18.2 Å². The SMILES string of the molecule is CC(C)c1cc(C(C)C)cc([PH]([CH](Cl)[Pd])(C2CCCCC2)C2CCCCC2)c1. The molecule has 3 heteroatoms. The van der Waals surface area contributed by atoms with E-state index in [4.69, 9.17) is 11.6 Å². The summed E-state index contributed by atoms with van der Waals surface area (Å²) in [6.07, 6.45) is 14.1. The third-order valence-electron chi connectivity index (χ3n) is 7.70. The Labute approximate surface area is 190 Å². The third-order valence-corrected chi connectivity index (χ3v) is 16.8. The van der Waals surface area contributed by atoms with Crippen LogP contribution in [0.2, 0.25) is 0 Å². The van der Waals surface area contributed by atoms with Gasteiger partial charge in [0.05, 0.1) is 0 Å². The Morgan fingerprint density at radius 2 is 1.14 bits per heavy atom. The molecule has 0 saturated heterocycles. The van der Waals surface area contributed by atoms with Crippen LogP contribution >= 0.6 is 18.9 Å². The first-order valence-corrected chi connectivity index (χ1v) is 15.3. The molecule has 1 unspecified atom stereocenters. The van der Waals surface area contributed by atoms with Crippen molar-refractivity contribution in [2.45, 2.75) is 119 Å². The van der Waals surface area contributed by atoms with Crippen LogP contribution in [0.3, 0.4) is 0 Å². The van der Waals surface area contributed by atoms with E-state index in [1.54, 1.807) is 5.30 Å². The first-order valence-electron chi connectivity index (χ1n) is 11.8. The van der Waals surface area contributed by atoms with Gasteiger partial charge in [-0.05, 0) is 0 Å². The molecule has 0 N–H and O–H groups in total. The zero-order valence-electron chi connectivity index (χ0n) is 18.4. The van der Waals surface area contributed by atoms with Gasteiger partial charge in [0.2, 0.25) is 0 Å². The zero-order valence-corrected chi connectivity index (χ0v) is 21.7. The summed E-state index contributed by atoms with van der Waals surface area (Å²) in [6.45, 7) is 9.40. The van der Waals surface area contributed by atoms with E-state index in [1.165, 1.54) is 75.3 Å². The second-order valence-corrected chi connectivity index (χ2v) is 17.7. The van der Waals surface area contributed by atoms with Gasteiger partial charge in [-0.3, -0.25) is 0 Å². The van der Waals surface area contributed by atoms with Gasteiger partial charge in [0.1, 0.15) is 0 Å². The maximum absolute atomic E-state index is 7.26. The van der Waals surface area contributed by atoms with Crippen LogP contribution < -0.4 is 5.30 Å². The summed E-state index contributed by atoms with van der Waals surface area (Å²) in [5, 5.41) is 1.69. The van der Waals surface area contributed by atoms with Crippen molar-refractivity contribution in [3.8, 4) is 0 Å². The van der Waals surface area contributed by atoms with Crippen LogP contribution in [0.25, 0.3) is 0 Å². The summed E-state index contributed by atoms with van der Waals surface area (Å²) in [5.41, 5.74) is 4.76. The fourth-order valence-corrected chi connectivity index (χ4v) is 16.5. The molecule has 2 saturated carbocycles. The molecule has 2 aliphatic rings. The van der Waals surface area contributed by atoms with Gasteiger partial charge in [-0.1, -0.05) is 0 Å². The molecule has 0 amide bonds. The van der Waals surface area contributed by atoms with Crippen molar-refractivity contribution in [2.75, 3.05) is 0 Å². The van der Waals surface area contributed by atoms with E-state index in [2.05, 4.69) is 65.1 Å². The van der Waals surface area contributed by atoms with Crippen LogP contribution in [0.5, 0.6) is 0 Å². The number of hydrogen-bond acceptors (Lipinski definition) is 0. The molecule has 0 heterocycles. The Bertz CT molecular complexity index is 583. The molecule has 1 aromatic rings. The predicted molar refractivity (Wildman–Crippen MR) is 126 cm³/mol. The zero-order chi connectivity index (χ0) is 20.3. The fourth-order valence-electron chi connectivity index (χ4n) is 6.00. The molecule has 163 valence electrons. The normalized spacial score (nSPS) is 22.0. The summed E-state index contributed by atoms with van der Waals surface area (Å²) in [4.78, 5) is 0. The minimum atomic E-state index is -1.90. The fraction of sp³-hybridized carbons (Fsp3) is 0.760. The van der Waals surface area contributed by atoms with Gasteiger partial charge < -0.3 is 0 Å². The van der Waals surface area contributed by atoms with Crippen molar-refractivity contribution in [2.24, 2.45) is 0 Å². The van der Waals surface area contributed by atoms with E-state index < -0.39 is 7.26 Å². The van der Waals surface area contributed by atoms with E-state index in [1.807, 2.05) is 0 Å². The first kappa shape index (κ1) is 23.3. The summed E-state index contributed by atoms with van der Waals surface area (Å²) in [6, 6.07) is 7.68. The van der Waals surface area contributed by atoms with Crippen LogP contribution in [-0.4, -0.2) is 14.9 Å². The Morgan fingerprint density at radius 1 is 0.750 bits per heavy atom. The van der Waals surface area contributed by atoms with Crippen molar-refractivity contribution < 1.29 is 19.2 Å². The van der Waals surface area contributed by atoms with Crippen molar-refractivity contribution in [3.63, 3.8) is 0 Å². The molecule has 1 atom stereocenters. The Morgan fingerprint density at radius 3 is 1.46 bits per heavy atom. The van der Waals surface area contributed by atoms with Gasteiger partial charge in [0.25, 0.3) is 0 Å². The van der Waals surface area contributed by atoms with E-state index in [0.717, 1.165) is 11.3 Å². The Balaban J connectivity index is 2.19. The molecular weight excluding hydrogens is 473 g/mol. The molecule has 1 aromatic carbocycles. The molecule has 0 bridgehead atoms. The van der Waals surface area contributed by atoms with Gasteiger partial charge in [-0.2, -0.15) is 0 Å². The molecular formula is C25H41ClPPd. The van der Waals surface area contributed by atoms with Gasteiger partial charge in [0.15, 0.2) is 0 Å². The molecule has 2 aliphatic carbocycles. The van der Waals surface area contributed by atoms with Crippen molar-refractivity contribution in [1.29, 1.82) is 0 Å². The van der Waals surface area contributed by atoms with Crippen molar-refractivity contribution in [3.05, 3.63) is 29.3 Å². The summed E-state index contributed by atoms with van der Waals surface area (Å²) in [7, 11) is -1.90. The molecule has 0 aliphatic heterocycles. The summed E-state index contributed by atoms with van der Waals surface area (Å²) >= 11 is 11.0. The Hall–Kier alpha value is 0.602. The van der Waals surface area contributed by atoms with Gasteiger partial charge in [-0.25, -0.2) is 0 Å². The van der Waals surface area contributed by atoms with E-state index >= 15 is 0 Å². The second kappa shape index (κ2) is 10.3. The monoisotopic (exact) mass is 513 g/mol.